The number of pyridine rings is 1. The normalized spacial score (nSPS) is 27.3. The Morgan fingerprint density at radius 3 is 3.08 bits per heavy atom. The Labute approximate surface area is 147 Å². The van der Waals surface area contributed by atoms with E-state index in [0.29, 0.717) is 24.7 Å². The minimum absolute atomic E-state index is 0.148. The Kier molecular flexibility index (Phi) is 4.67. The summed E-state index contributed by atoms with van der Waals surface area (Å²) in [6, 6.07) is 4.36. The zero-order valence-corrected chi connectivity index (χ0v) is 14.3. The predicted octanol–water partition coefficient (Wildman–Crippen LogP) is 1.10. The minimum atomic E-state index is -0.320. The SMILES string of the molecule is O=C(NCc1cccnc1)C1=NO[C@]2(CCN(C3CCOCC3)C2)C1. The zero-order chi connectivity index (χ0) is 17.1. The number of nitrogens with zero attached hydrogens (tertiary/aromatic N) is 3. The lowest BCUT2D eigenvalue weighted by atomic mass is 9.96. The summed E-state index contributed by atoms with van der Waals surface area (Å²) in [5.74, 6) is -0.148. The summed E-state index contributed by atoms with van der Waals surface area (Å²) in [5.41, 5.74) is 1.15. The number of aromatic nitrogens is 1. The highest BCUT2D eigenvalue weighted by atomic mass is 16.7. The van der Waals surface area contributed by atoms with E-state index >= 15 is 0 Å². The highest BCUT2D eigenvalue weighted by molar-refractivity contribution is 6.39. The summed E-state index contributed by atoms with van der Waals surface area (Å²) in [6.07, 6.45) is 7.13. The van der Waals surface area contributed by atoms with E-state index in [1.807, 2.05) is 12.1 Å². The molecule has 0 unspecified atom stereocenters. The molecule has 0 aliphatic carbocycles. The average Bonchev–Trinajstić information content (AvgIpc) is 3.29. The molecule has 0 radical (unpaired) electrons. The van der Waals surface area contributed by atoms with E-state index in [4.69, 9.17) is 9.57 Å². The Morgan fingerprint density at radius 1 is 1.40 bits per heavy atom. The smallest absolute Gasteiger partial charge is 0.269 e. The van der Waals surface area contributed by atoms with Crippen molar-refractivity contribution in [2.45, 2.75) is 43.9 Å². The lowest BCUT2D eigenvalue weighted by molar-refractivity contribution is -0.115. The summed E-state index contributed by atoms with van der Waals surface area (Å²) >= 11 is 0. The Balaban J connectivity index is 1.29. The summed E-state index contributed by atoms with van der Waals surface area (Å²) in [4.78, 5) is 24.7. The molecular formula is C18H24N4O3. The summed E-state index contributed by atoms with van der Waals surface area (Å²) in [6.45, 7) is 3.99. The van der Waals surface area contributed by atoms with Gasteiger partial charge in [0.05, 0.1) is 0 Å². The first kappa shape index (κ1) is 16.5. The van der Waals surface area contributed by atoms with E-state index in [1.165, 1.54) is 0 Å². The number of hydrogen-bond acceptors (Lipinski definition) is 6. The minimum Gasteiger partial charge on any atom is -0.387 e. The van der Waals surface area contributed by atoms with Crippen molar-refractivity contribution in [3.05, 3.63) is 30.1 Å². The molecule has 1 aromatic heterocycles. The molecule has 1 amide bonds. The van der Waals surface area contributed by atoms with Gasteiger partial charge < -0.3 is 14.9 Å². The third-order valence-corrected chi connectivity index (χ3v) is 5.33. The maximum absolute atomic E-state index is 12.4. The molecule has 134 valence electrons. The number of rotatable bonds is 4. The quantitative estimate of drug-likeness (QED) is 0.885. The van der Waals surface area contributed by atoms with E-state index in [2.05, 4.69) is 20.4 Å². The average molecular weight is 344 g/mol. The van der Waals surface area contributed by atoms with Gasteiger partial charge in [-0.15, -0.1) is 0 Å². The Hall–Kier alpha value is -1.99. The molecule has 0 bridgehead atoms. The molecule has 1 spiro atoms. The number of oxime groups is 1. The van der Waals surface area contributed by atoms with Crippen molar-refractivity contribution in [2.75, 3.05) is 26.3 Å². The van der Waals surface area contributed by atoms with Gasteiger partial charge in [-0.05, 0) is 24.5 Å². The van der Waals surface area contributed by atoms with E-state index < -0.39 is 0 Å². The van der Waals surface area contributed by atoms with Crippen LogP contribution in [0, 0.1) is 0 Å². The second-order valence-corrected chi connectivity index (χ2v) is 7.10. The number of carbonyl (C=O) groups excluding carboxylic acids is 1. The van der Waals surface area contributed by atoms with E-state index in [-0.39, 0.29) is 11.5 Å². The fraction of sp³-hybridized carbons (Fsp3) is 0.611. The van der Waals surface area contributed by atoms with Gasteiger partial charge in [0.2, 0.25) is 0 Å². The van der Waals surface area contributed by atoms with Crippen molar-refractivity contribution in [3.8, 4) is 0 Å². The molecule has 1 N–H and O–H groups in total. The molecule has 7 nitrogen and oxygen atoms in total. The molecule has 1 aromatic rings. The van der Waals surface area contributed by atoms with Gasteiger partial charge in [0.25, 0.3) is 5.91 Å². The highest BCUT2D eigenvalue weighted by Gasteiger charge is 2.48. The van der Waals surface area contributed by atoms with Crippen LogP contribution in [0.5, 0.6) is 0 Å². The second-order valence-electron chi connectivity index (χ2n) is 7.10. The van der Waals surface area contributed by atoms with Crippen molar-refractivity contribution >= 4 is 11.6 Å². The maximum atomic E-state index is 12.4. The summed E-state index contributed by atoms with van der Waals surface area (Å²) in [5, 5.41) is 7.00. The van der Waals surface area contributed by atoms with Crippen LogP contribution in [0.3, 0.4) is 0 Å². The lowest BCUT2D eigenvalue weighted by Gasteiger charge is -2.31. The van der Waals surface area contributed by atoms with Crippen LogP contribution in [0.4, 0.5) is 0 Å². The molecule has 3 aliphatic heterocycles. The van der Waals surface area contributed by atoms with Crippen molar-refractivity contribution < 1.29 is 14.4 Å². The number of hydrogen-bond donors (Lipinski definition) is 1. The first-order chi connectivity index (χ1) is 12.2. The van der Waals surface area contributed by atoms with Gasteiger partial charge in [-0.3, -0.25) is 14.7 Å². The third kappa shape index (κ3) is 3.67. The van der Waals surface area contributed by atoms with Gasteiger partial charge in [0.1, 0.15) is 5.71 Å². The molecule has 4 rings (SSSR count). The number of likely N-dealkylation sites (tertiary alicyclic amines) is 1. The van der Waals surface area contributed by atoms with Crippen LogP contribution in [0.1, 0.15) is 31.2 Å². The van der Waals surface area contributed by atoms with Crippen LogP contribution >= 0.6 is 0 Å². The maximum Gasteiger partial charge on any atom is 0.269 e. The Morgan fingerprint density at radius 2 is 2.28 bits per heavy atom. The molecule has 0 aromatic carbocycles. The largest absolute Gasteiger partial charge is 0.387 e. The number of ether oxygens (including phenoxy) is 1. The molecule has 2 fully saturated rings. The van der Waals surface area contributed by atoms with Crippen molar-refractivity contribution in [1.29, 1.82) is 0 Å². The zero-order valence-electron chi connectivity index (χ0n) is 14.3. The van der Waals surface area contributed by atoms with Gasteiger partial charge in [0.15, 0.2) is 5.60 Å². The number of nitrogens with one attached hydrogen (secondary N) is 1. The summed E-state index contributed by atoms with van der Waals surface area (Å²) < 4.78 is 5.45. The fourth-order valence-electron chi connectivity index (χ4n) is 3.89. The Bertz CT molecular complexity index is 645. The van der Waals surface area contributed by atoms with E-state index in [9.17, 15) is 4.79 Å². The van der Waals surface area contributed by atoms with Crippen molar-refractivity contribution in [1.82, 2.24) is 15.2 Å². The van der Waals surface area contributed by atoms with Gasteiger partial charge >= 0.3 is 0 Å². The van der Waals surface area contributed by atoms with Crippen LogP contribution < -0.4 is 5.32 Å². The van der Waals surface area contributed by atoms with Crippen LogP contribution in [0.25, 0.3) is 0 Å². The monoisotopic (exact) mass is 344 g/mol. The first-order valence-electron chi connectivity index (χ1n) is 8.98. The molecule has 7 heteroatoms. The lowest BCUT2D eigenvalue weighted by Crippen LogP contribution is -2.42. The summed E-state index contributed by atoms with van der Waals surface area (Å²) in [7, 11) is 0. The predicted molar refractivity (Wildman–Crippen MR) is 92.0 cm³/mol. The molecule has 2 saturated heterocycles. The number of carbonyl (C=O) groups is 1. The molecule has 4 heterocycles. The van der Waals surface area contributed by atoms with Gasteiger partial charge in [-0.25, -0.2) is 0 Å². The molecule has 3 aliphatic rings. The standard InChI is InChI=1S/C18H24N4O3/c23-17(20-12-14-2-1-6-19-11-14)16-10-18(25-21-16)5-7-22(13-18)15-3-8-24-9-4-15/h1-2,6,11,15H,3-5,7-10,12-13H2,(H,20,23)/t18-/m1/s1. The fourth-order valence-corrected chi connectivity index (χ4v) is 3.89. The molecular weight excluding hydrogens is 320 g/mol. The van der Waals surface area contributed by atoms with Gasteiger partial charge in [0, 0.05) is 64.1 Å². The second kappa shape index (κ2) is 7.09. The van der Waals surface area contributed by atoms with Crippen LogP contribution in [0.15, 0.2) is 29.7 Å². The van der Waals surface area contributed by atoms with Crippen LogP contribution in [-0.4, -0.2) is 59.4 Å². The number of amides is 1. The van der Waals surface area contributed by atoms with Crippen LogP contribution in [0.2, 0.25) is 0 Å². The van der Waals surface area contributed by atoms with Gasteiger partial charge in [-0.1, -0.05) is 11.2 Å². The topological polar surface area (TPSA) is 76.0 Å². The van der Waals surface area contributed by atoms with E-state index in [0.717, 1.165) is 51.1 Å². The highest BCUT2D eigenvalue weighted by Crippen LogP contribution is 2.36. The molecule has 1 atom stereocenters. The van der Waals surface area contributed by atoms with Crippen molar-refractivity contribution in [2.24, 2.45) is 5.16 Å². The van der Waals surface area contributed by atoms with Crippen LogP contribution in [-0.2, 0) is 20.9 Å². The van der Waals surface area contributed by atoms with Gasteiger partial charge in [-0.2, -0.15) is 0 Å². The molecule has 25 heavy (non-hydrogen) atoms. The first-order valence-corrected chi connectivity index (χ1v) is 8.98. The third-order valence-electron chi connectivity index (χ3n) is 5.33. The van der Waals surface area contributed by atoms with Crippen molar-refractivity contribution in [3.63, 3.8) is 0 Å². The van der Waals surface area contributed by atoms with E-state index in [1.54, 1.807) is 12.4 Å². The molecule has 0 saturated carbocycles.